The molecule has 0 aliphatic carbocycles. The van der Waals surface area contributed by atoms with Crippen molar-refractivity contribution in [1.29, 1.82) is 0 Å². The van der Waals surface area contributed by atoms with Crippen molar-refractivity contribution in [2.45, 2.75) is 63.8 Å². The molecular formula is C25H28ClNO6S. The van der Waals surface area contributed by atoms with Gasteiger partial charge >= 0.3 is 11.6 Å². The summed E-state index contributed by atoms with van der Waals surface area (Å²) in [5.74, 6) is -0.801. The van der Waals surface area contributed by atoms with E-state index in [0.29, 0.717) is 18.2 Å². The molecule has 34 heavy (non-hydrogen) atoms. The predicted octanol–water partition coefficient (Wildman–Crippen LogP) is 5.15. The van der Waals surface area contributed by atoms with Gasteiger partial charge in [0.05, 0.1) is 9.92 Å². The predicted molar refractivity (Wildman–Crippen MR) is 132 cm³/mol. The van der Waals surface area contributed by atoms with Gasteiger partial charge in [0.25, 0.3) is 0 Å². The van der Waals surface area contributed by atoms with E-state index in [1.807, 2.05) is 20.8 Å². The van der Waals surface area contributed by atoms with Crippen molar-refractivity contribution in [3.8, 4) is 5.75 Å². The summed E-state index contributed by atoms with van der Waals surface area (Å²) in [6, 6.07) is 9.62. The lowest BCUT2D eigenvalue weighted by Gasteiger charge is -2.18. The molecule has 1 N–H and O–H groups in total. The normalized spacial score (nSPS) is 12.6. The highest BCUT2D eigenvalue weighted by Crippen LogP contribution is 2.32. The maximum absolute atomic E-state index is 13.0. The van der Waals surface area contributed by atoms with Crippen LogP contribution in [-0.2, 0) is 21.2 Å². The van der Waals surface area contributed by atoms with Crippen LogP contribution in [0.25, 0.3) is 11.0 Å². The van der Waals surface area contributed by atoms with E-state index in [4.69, 9.17) is 20.8 Å². The van der Waals surface area contributed by atoms with E-state index in [2.05, 4.69) is 4.72 Å². The Balaban J connectivity index is 1.89. The van der Waals surface area contributed by atoms with E-state index in [1.165, 1.54) is 24.3 Å². The summed E-state index contributed by atoms with van der Waals surface area (Å²) in [4.78, 5) is 25.0. The van der Waals surface area contributed by atoms with Crippen LogP contribution in [0.5, 0.6) is 5.75 Å². The van der Waals surface area contributed by atoms with Crippen molar-refractivity contribution in [3.63, 3.8) is 0 Å². The van der Waals surface area contributed by atoms with Crippen LogP contribution >= 0.6 is 11.6 Å². The molecule has 1 unspecified atom stereocenters. The van der Waals surface area contributed by atoms with E-state index in [0.717, 1.165) is 24.0 Å². The summed E-state index contributed by atoms with van der Waals surface area (Å²) in [6.07, 6.45) is 3.11. The minimum absolute atomic E-state index is 0.00741. The molecule has 2 aromatic carbocycles. The van der Waals surface area contributed by atoms with Crippen molar-refractivity contribution < 1.29 is 22.4 Å². The van der Waals surface area contributed by atoms with E-state index >= 15 is 0 Å². The Morgan fingerprint density at radius 3 is 2.47 bits per heavy atom. The first-order chi connectivity index (χ1) is 16.1. The number of ether oxygens (including phenoxy) is 1. The lowest BCUT2D eigenvalue weighted by Crippen LogP contribution is -2.43. The van der Waals surface area contributed by atoms with Gasteiger partial charge < -0.3 is 9.15 Å². The smallest absolute Gasteiger partial charge is 0.336 e. The molecule has 3 rings (SSSR count). The largest absolute Gasteiger partial charge is 0.424 e. The highest BCUT2D eigenvalue weighted by atomic mass is 35.5. The summed E-state index contributed by atoms with van der Waals surface area (Å²) in [5, 5.41) is 0.816. The van der Waals surface area contributed by atoms with Gasteiger partial charge in [-0.05, 0) is 43.5 Å². The second-order valence-corrected chi connectivity index (χ2v) is 10.3. The standard InChI is InChI=1S/C25H28ClNO6S/c1-4-6-8-21(27-34(30,31)18-11-9-16(3)10-12-18)25(29)33-23-15-22-19(14-20(23)26)17(7-5-2)13-24(28)32-22/h9-15,21,27H,4-8H2,1-3H3. The molecule has 0 radical (unpaired) electrons. The molecule has 1 aromatic heterocycles. The van der Waals surface area contributed by atoms with Gasteiger partial charge in [0.1, 0.15) is 11.6 Å². The maximum atomic E-state index is 13.0. The number of carbonyl (C=O) groups is 1. The van der Waals surface area contributed by atoms with E-state index in [1.54, 1.807) is 18.2 Å². The number of hydrogen-bond donors (Lipinski definition) is 1. The first kappa shape index (κ1) is 25.9. The fraction of sp³-hybridized carbons (Fsp3) is 0.360. The summed E-state index contributed by atoms with van der Waals surface area (Å²) in [7, 11) is -3.95. The van der Waals surface area contributed by atoms with E-state index in [-0.39, 0.29) is 27.7 Å². The van der Waals surface area contributed by atoms with Crippen molar-refractivity contribution in [1.82, 2.24) is 4.72 Å². The minimum Gasteiger partial charge on any atom is -0.424 e. The Morgan fingerprint density at radius 1 is 1.12 bits per heavy atom. The minimum atomic E-state index is -3.95. The summed E-state index contributed by atoms with van der Waals surface area (Å²) < 4.78 is 38.9. The van der Waals surface area contributed by atoms with Gasteiger partial charge in [-0.15, -0.1) is 0 Å². The zero-order valence-corrected chi connectivity index (χ0v) is 21.0. The molecular weight excluding hydrogens is 478 g/mol. The number of benzene rings is 2. The molecule has 0 amide bonds. The van der Waals surface area contributed by atoms with Crippen LogP contribution in [-0.4, -0.2) is 20.4 Å². The molecule has 1 heterocycles. The third-order valence-corrected chi connectivity index (χ3v) is 7.16. The van der Waals surface area contributed by atoms with Crippen LogP contribution < -0.4 is 15.1 Å². The van der Waals surface area contributed by atoms with E-state index < -0.39 is 27.7 Å². The SMILES string of the molecule is CCCCC(NS(=O)(=O)c1ccc(C)cc1)C(=O)Oc1cc2oc(=O)cc(CCC)c2cc1Cl. The molecule has 0 saturated carbocycles. The van der Waals surface area contributed by atoms with Crippen LogP contribution in [0.15, 0.2) is 56.6 Å². The first-order valence-electron chi connectivity index (χ1n) is 11.2. The van der Waals surface area contributed by atoms with Gasteiger partial charge in [-0.25, -0.2) is 18.0 Å². The number of nitrogens with one attached hydrogen (secondary N) is 1. The number of halogens is 1. The molecule has 0 aliphatic rings. The Morgan fingerprint density at radius 2 is 1.82 bits per heavy atom. The molecule has 0 fully saturated rings. The lowest BCUT2D eigenvalue weighted by atomic mass is 10.1. The Bertz CT molecular complexity index is 1330. The summed E-state index contributed by atoms with van der Waals surface area (Å²) in [6.45, 7) is 5.78. The van der Waals surface area contributed by atoms with Crippen LogP contribution in [0.3, 0.4) is 0 Å². The highest BCUT2D eigenvalue weighted by Gasteiger charge is 2.28. The number of unbranched alkanes of at least 4 members (excludes halogenated alkanes) is 1. The lowest BCUT2D eigenvalue weighted by molar-refractivity contribution is -0.136. The zero-order valence-electron chi connectivity index (χ0n) is 19.4. The Kier molecular flexibility index (Phi) is 8.52. The number of rotatable bonds is 10. The molecule has 7 nitrogen and oxygen atoms in total. The van der Waals surface area contributed by atoms with Crippen LogP contribution in [0, 0.1) is 6.92 Å². The monoisotopic (exact) mass is 505 g/mol. The molecule has 1 atom stereocenters. The molecule has 0 bridgehead atoms. The van der Waals surface area contributed by atoms with Crippen LogP contribution in [0.4, 0.5) is 0 Å². The fourth-order valence-electron chi connectivity index (χ4n) is 3.57. The summed E-state index contributed by atoms with van der Waals surface area (Å²) in [5.41, 5.74) is 1.44. The average Bonchev–Trinajstić information content (AvgIpc) is 2.78. The first-order valence-corrected chi connectivity index (χ1v) is 13.1. The second-order valence-electron chi connectivity index (χ2n) is 8.17. The number of fused-ring (bicyclic) bond motifs is 1. The van der Waals surface area contributed by atoms with E-state index in [9.17, 15) is 18.0 Å². The Labute approximate surface area is 204 Å². The summed E-state index contributed by atoms with van der Waals surface area (Å²) >= 11 is 6.38. The van der Waals surface area contributed by atoms with Crippen LogP contribution in [0.2, 0.25) is 5.02 Å². The number of hydrogen-bond acceptors (Lipinski definition) is 6. The van der Waals surface area contributed by atoms with Crippen LogP contribution in [0.1, 0.15) is 50.7 Å². The topological polar surface area (TPSA) is 103 Å². The van der Waals surface area contributed by atoms with Gasteiger partial charge in [-0.3, -0.25) is 0 Å². The molecule has 0 aliphatic heterocycles. The third-order valence-electron chi connectivity index (χ3n) is 5.37. The van der Waals surface area contributed by atoms with Crippen molar-refractivity contribution >= 4 is 38.6 Å². The quantitative estimate of drug-likeness (QED) is 0.232. The third kappa shape index (κ3) is 6.25. The average molecular weight is 506 g/mol. The molecule has 182 valence electrons. The number of esters is 1. The molecule has 9 heteroatoms. The highest BCUT2D eigenvalue weighted by molar-refractivity contribution is 7.89. The molecule has 3 aromatic rings. The van der Waals surface area contributed by atoms with Gasteiger partial charge in [0.2, 0.25) is 10.0 Å². The van der Waals surface area contributed by atoms with Gasteiger partial charge in [0.15, 0.2) is 5.75 Å². The number of sulfonamides is 1. The van der Waals surface area contributed by atoms with Gasteiger partial charge in [0, 0.05) is 17.5 Å². The fourth-order valence-corrected chi connectivity index (χ4v) is 4.99. The van der Waals surface area contributed by atoms with Crippen molar-refractivity contribution in [2.75, 3.05) is 0 Å². The molecule has 0 spiro atoms. The van der Waals surface area contributed by atoms with Crippen molar-refractivity contribution in [2.24, 2.45) is 0 Å². The zero-order chi connectivity index (χ0) is 24.9. The number of carbonyl (C=O) groups excluding carboxylic acids is 1. The second kappa shape index (κ2) is 11.2. The van der Waals surface area contributed by atoms with Gasteiger partial charge in [-0.2, -0.15) is 4.72 Å². The van der Waals surface area contributed by atoms with Crippen molar-refractivity contribution in [3.05, 3.63) is 69.0 Å². The number of aryl methyl sites for hydroxylation is 2. The van der Waals surface area contributed by atoms with Gasteiger partial charge in [-0.1, -0.05) is 62.4 Å². The maximum Gasteiger partial charge on any atom is 0.336 e. The Hall–Kier alpha value is -2.68. The molecule has 0 saturated heterocycles.